The van der Waals surface area contributed by atoms with Crippen molar-refractivity contribution in [3.63, 3.8) is 0 Å². The SMILES string of the molecule is Cc1ccc([C@H](N)c2ccsc2)c(O)c1. The molecule has 0 bridgehead atoms. The summed E-state index contributed by atoms with van der Waals surface area (Å²) in [5, 5.41) is 13.8. The third-order valence-electron chi connectivity index (χ3n) is 2.42. The lowest BCUT2D eigenvalue weighted by Gasteiger charge is -2.12. The van der Waals surface area contributed by atoms with E-state index in [2.05, 4.69) is 0 Å². The predicted octanol–water partition coefficient (Wildman–Crippen LogP) is 2.81. The highest BCUT2D eigenvalue weighted by molar-refractivity contribution is 7.08. The van der Waals surface area contributed by atoms with E-state index in [1.54, 1.807) is 17.4 Å². The monoisotopic (exact) mass is 219 g/mol. The van der Waals surface area contributed by atoms with Gasteiger partial charge >= 0.3 is 0 Å². The van der Waals surface area contributed by atoms with Crippen molar-refractivity contribution in [2.45, 2.75) is 13.0 Å². The number of benzene rings is 1. The molecule has 78 valence electrons. The molecule has 1 aromatic heterocycles. The highest BCUT2D eigenvalue weighted by Gasteiger charge is 2.12. The zero-order valence-electron chi connectivity index (χ0n) is 8.47. The minimum absolute atomic E-state index is 0.239. The Kier molecular flexibility index (Phi) is 2.75. The van der Waals surface area contributed by atoms with E-state index < -0.39 is 0 Å². The van der Waals surface area contributed by atoms with E-state index in [0.717, 1.165) is 16.7 Å². The molecule has 0 unspecified atom stereocenters. The quantitative estimate of drug-likeness (QED) is 0.815. The highest BCUT2D eigenvalue weighted by atomic mass is 32.1. The number of hydrogen-bond donors (Lipinski definition) is 2. The first-order valence-electron chi connectivity index (χ1n) is 4.75. The maximum Gasteiger partial charge on any atom is 0.120 e. The summed E-state index contributed by atoms with van der Waals surface area (Å²) in [6, 6.07) is 7.32. The number of phenolic OH excluding ortho intramolecular Hbond substituents is 1. The summed E-state index contributed by atoms with van der Waals surface area (Å²) in [5.74, 6) is 0.272. The van der Waals surface area contributed by atoms with Crippen molar-refractivity contribution in [3.8, 4) is 5.75 Å². The Labute approximate surface area is 93.0 Å². The van der Waals surface area contributed by atoms with E-state index in [0.29, 0.717) is 0 Å². The van der Waals surface area contributed by atoms with E-state index in [1.807, 2.05) is 35.9 Å². The average molecular weight is 219 g/mol. The van der Waals surface area contributed by atoms with Gasteiger partial charge in [-0.2, -0.15) is 11.3 Å². The van der Waals surface area contributed by atoms with Gasteiger partial charge in [0.05, 0.1) is 6.04 Å². The van der Waals surface area contributed by atoms with Crippen molar-refractivity contribution in [1.82, 2.24) is 0 Å². The first-order chi connectivity index (χ1) is 7.18. The van der Waals surface area contributed by atoms with Crippen molar-refractivity contribution in [2.75, 3.05) is 0 Å². The van der Waals surface area contributed by atoms with Crippen LogP contribution in [0.15, 0.2) is 35.0 Å². The number of aryl methyl sites for hydroxylation is 1. The van der Waals surface area contributed by atoms with Crippen LogP contribution in [0.5, 0.6) is 5.75 Å². The maximum absolute atomic E-state index is 9.78. The van der Waals surface area contributed by atoms with E-state index >= 15 is 0 Å². The Morgan fingerprint density at radius 2 is 2.13 bits per heavy atom. The van der Waals surface area contributed by atoms with Gasteiger partial charge in [0.1, 0.15) is 5.75 Å². The van der Waals surface area contributed by atoms with Crippen LogP contribution in [-0.4, -0.2) is 5.11 Å². The second-order valence-corrected chi connectivity index (χ2v) is 4.38. The molecule has 2 rings (SSSR count). The van der Waals surface area contributed by atoms with Crippen LogP contribution < -0.4 is 5.73 Å². The van der Waals surface area contributed by atoms with Crippen molar-refractivity contribution in [3.05, 3.63) is 51.7 Å². The lowest BCUT2D eigenvalue weighted by atomic mass is 10.00. The Morgan fingerprint density at radius 1 is 1.33 bits per heavy atom. The van der Waals surface area contributed by atoms with Gasteiger partial charge in [0.25, 0.3) is 0 Å². The van der Waals surface area contributed by atoms with Gasteiger partial charge in [0, 0.05) is 5.56 Å². The Hall–Kier alpha value is -1.32. The van der Waals surface area contributed by atoms with E-state index in [1.165, 1.54) is 0 Å². The molecule has 1 aromatic carbocycles. The fraction of sp³-hybridized carbons (Fsp3) is 0.167. The minimum atomic E-state index is -0.239. The number of hydrogen-bond acceptors (Lipinski definition) is 3. The molecule has 1 atom stereocenters. The molecule has 3 heteroatoms. The summed E-state index contributed by atoms with van der Waals surface area (Å²) in [7, 11) is 0. The maximum atomic E-state index is 9.78. The standard InChI is InChI=1S/C12H13NOS/c1-8-2-3-10(11(14)6-8)12(13)9-4-5-15-7-9/h2-7,12,14H,13H2,1H3/t12-/m1/s1. The topological polar surface area (TPSA) is 46.2 Å². The average Bonchev–Trinajstić information content (AvgIpc) is 2.69. The van der Waals surface area contributed by atoms with E-state index in [9.17, 15) is 5.11 Å². The number of aromatic hydroxyl groups is 1. The molecule has 15 heavy (non-hydrogen) atoms. The minimum Gasteiger partial charge on any atom is -0.508 e. The van der Waals surface area contributed by atoms with Crippen molar-refractivity contribution < 1.29 is 5.11 Å². The Balaban J connectivity index is 2.38. The normalized spacial score (nSPS) is 12.7. The van der Waals surface area contributed by atoms with Crippen LogP contribution in [0, 0.1) is 6.92 Å². The van der Waals surface area contributed by atoms with Crippen LogP contribution >= 0.6 is 11.3 Å². The zero-order chi connectivity index (χ0) is 10.8. The second kappa shape index (κ2) is 4.04. The van der Waals surface area contributed by atoms with Gasteiger partial charge in [-0.25, -0.2) is 0 Å². The summed E-state index contributed by atoms with van der Waals surface area (Å²) in [4.78, 5) is 0. The molecule has 0 aliphatic rings. The summed E-state index contributed by atoms with van der Waals surface area (Å²) in [5.41, 5.74) is 8.91. The smallest absolute Gasteiger partial charge is 0.120 e. The molecular weight excluding hydrogens is 206 g/mol. The molecule has 2 aromatic rings. The number of phenols is 1. The van der Waals surface area contributed by atoms with Crippen LogP contribution in [0.3, 0.4) is 0 Å². The van der Waals surface area contributed by atoms with Gasteiger partial charge in [0.15, 0.2) is 0 Å². The zero-order valence-corrected chi connectivity index (χ0v) is 9.29. The van der Waals surface area contributed by atoms with Crippen molar-refractivity contribution in [1.29, 1.82) is 0 Å². The highest BCUT2D eigenvalue weighted by Crippen LogP contribution is 2.29. The predicted molar refractivity (Wildman–Crippen MR) is 63.2 cm³/mol. The molecule has 3 N–H and O–H groups in total. The third kappa shape index (κ3) is 2.03. The third-order valence-corrected chi connectivity index (χ3v) is 3.12. The summed E-state index contributed by atoms with van der Waals surface area (Å²) >= 11 is 1.61. The molecule has 0 radical (unpaired) electrons. The Morgan fingerprint density at radius 3 is 2.73 bits per heavy atom. The molecule has 2 nitrogen and oxygen atoms in total. The number of rotatable bonds is 2. The van der Waals surface area contributed by atoms with Gasteiger partial charge in [-0.15, -0.1) is 0 Å². The molecular formula is C12H13NOS. The van der Waals surface area contributed by atoms with Gasteiger partial charge in [-0.1, -0.05) is 12.1 Å². The van der Waals surface area contributed by atoms with E-state index in [4.69, 9.17) is 5.73 Å². The second-order valence-electron chi connectivity index (χ2n) is 3.60. The first-order valence-corrected chi connectivity index (χ1v) is 5.70. The molecule has 0 aliphatic heterocycles. The molecule has 0 spiro atoms. The fourth-order valence-electron chi connectivity index (χ4n) is 1.55. The fourth-order valence-corrected chi connectivity index (χ4v) is 2.24. The molecule has 1 heterocycles. The van der Waals surface area contributed by atoms with Gasteiger partial charge in [0.2, 0.25) is 0 Å². The van der Waals surface area contributed by atoms with Crippen LogP contribution in [0.4, 0.5) is 0 Å². The lowest BCUT2D eigenvalue weighted by molar-refractivity contribution is 0.465. The summed E-state index contributed by atoms with van der Waals surface area (Å²) in [6.07, 6.45) is 0. The largest absolute Gasteiger partial charge is 0.508 e. The van der Waals surface area contributed by atoms with Gasteiger partial charge < -0.3 is 10.8 Å². The molecule has 0 amide bonds. The van der Waals surface area contributed by atoms with Crippen molar-refractivity contribution >= 4 is 11.3 Å². The lowest BCUT2D eigenvalue weighted by Crippen LogP contribution is -2.10. The summed E-state index contributed by atoms with van der Waals surface area (Å²) in [6.45, 7) is 1.94. The van der Waals surface area contributed by atoms with E-state index in [-0.39, 0.29) is 11.8 Å². The van der Waals surface area contributed by atoms with Crippen LogP contribution in [0.25, 0.3) is 0 Å². The molecule has 0 aliphatic carbocycles. The molecule has 0 saturated heterocycles. The molecule has 0 saturated carbocycles. The summed E-state index contributed by atoms with van der Waals surface area (Å²) < 4.78 is 0. The van der Waals surface area contributed by atoms with Crippen LogP contribution in [0.1, 0.15) is 22.7 Å². The van der Waals surface area contributed by atoms with Crippen LogP contribution in [0.2, 0.25) is 0 Å². The van der Waals surface area contributed by atoms with Crippen molar-refractivity contribution in [2.24, 2.45) is 5.73 Å². The van der Waals surface area contributed by atoms with Gasteiger partial charge in [-0.3, -0.25) is 0 Å². The van der Waals surface area contributed by atoms with Gasteiger partial charge in [-0.05, 0) is 40.9 Å². The number of nitrogens with two attached hydrogens (primary N) is 1. The molecule has 0 fully saturated rings. The Bertz CT molecular complexity index is 451. The first kappa shape index (κ1) is 10.2. The van der Waals surface area contributed by atoms with Crippen LogP contribution in [-0.2, 0) is 0 Å². The number of thiophene rings is 1.